The van der Waals surface area contributed by atoms with Crippen LogP contribution in [0.4, 0.5) is 9.18 Å². The quantitative estimate of drug-likeness (QED) is 0.692. The molecule has 0 radical (unpaired) electrons. The molecule has 0 aliphatic carbocycles. The number of amides is 3. The van der Waals surface area contributed by atoms with Gasteiger partial charge in [0.25, 0.3) is 17.1 Å². The Balaban J connectivity index is 1.60. The summed E-state index contributed by atoms with van der Waals surface area (Å²) in [6.45, 7) is 0.0853. The third-order valence-corrected chi connectivity index (χ3v) is 5.29. The highest BCUT2D eigenvalue weighted by Crippen LogP contribution is 2.32. The predicted molar refractivity (Wildman–Crippen MR) is 108 cm³/mol. The van der Waals surface area contributed by atoms with Crippen molar-refractivity contribution in [2.24, 2.45) is 0 Å². The van der Waals surface area contributed by atoms with Crippen LogP contribution in [0.25, 0.3) is 6.08 Å². The fourth-order valence-electron chi connectivity index (χ4n) is 2.45. The van der Waals surface area contributed by atoms with E-state index in [1.54, 1.807) is 6.07 Å². The van der Waals surface area contributed by atoms with Crippen molar-refractivity contribution in [2.75, 3.05) is 13.1 Å². The monoisotopic (exact) mass is 438 g/mol. The molecule has 1 aliphatic rings. The smallest absolute Gasteiger partial charge is 0.293 e. The molecule has 1 saturated heterocycles. The zero-order valence-electron chi connectivity index (χ0n) is 14.2. The number of halogens is 3. The maximum Gasteiger partial charge on any atom is 0.293 e. The molecule has 1 heterocycles. The predicted octanol–water partition coefficient (Wildman–Crippen LogP) is 4.60. The number of thioether (sulfide) groups is 1. The Hall–Kier alpha value is -2.35. The van der Waals surface area contributed by atoms with Crippen LogP contribution in [-0.2, 0) is 4.79 Å². The lowest BCUT2D eigenvalue weighted by molar-refractivity contribution is -0.122. The van der Waals surface area contributed by atoms with Gasteiger partial charge in [0.2, 0.25) is 0 Å². The minimum Gasteiger partial charge on any atom is -0.350 e. The Labute approximate surface area is 174 Å². The molecule has 3 amide bonds. The molecule has 9 heteroatoms. The number of carbonyl (C=O) groups excluding carboxylic acids is 3. The number of carbonyl (C=O) groups is 3. The standard InChI is InChI=1S/C19H13Cl2FN2O3S/c20-12-3-6-14(15(21)10-12)17(25)23-7-8-24-18(26)16(28-19(24)27)9-11-1-4-13(22)5-2-11/h1-6,9-10H,7-8H2,(H,23,25)/b16-9+. The van der Waals surface area contributed by atoms with E-state index in [9.17, 15) is 18.8 Å². The highest BCUT2D eigenvalue weighted by atomic mass is 35.5. The van der Waals surface area contributed by atoms with Crippen molar-refractivity contribution in [3.63, 3.8) is 0 Å². The van der Waals surface area contributed by atoms with Crippen LogP contribution < -0.4 is 5.32 Å². The summed E-state index contributed by atoms with van der Waals surface area (Å²) in [4.78, 5) is 38.0. The Morgan fingerprint density at radius 2 is 1.86 bits per heavy atom. The second kappa shape index (κ2) is 8.77. The zero-order valence-corrected chi connectivity index (χ0v) is 16.6. The van der Waals surface area contributed by atoms with Crippen LogP contribution in [0.1, 0.15) is 15.9 Å². The molecule has 0 atom stereocenters. The lowest BCUT2D eigenvalue weighted by atomic mass is 10.2. The molecule has 2 aromatic carbocycles. The maximum atomic E-state index is 13.0. The number of hydrogen-bond donors (Lipinski definition) is 1. The van der Waals surface area contributed by atoms with Crippen LogP contribution in [0.15, 0.2) is 47.4 Å². The van der Waals surface area contributed by atoms with Gasteiger partial charge in [0.1, 0.15) is 5.82 Å². The average molecular weight is 439 g/mol. The number of nitrogens with zero attached hydrogens (tertiary/aromatic N) is 1. The minimum atomic E-state index is -0.460. The van der Waals surface area contributed by atoms with Crippen molar-refractivity contribution in [3.05, 3.63) is 74.4 Å². The number of imide groups is 1. The first-order valence-electron chi connectivity index (χ1n) is 8.09. The van der Waals surface area contributed by atoms with E-state index in [2.05, 4.69) is 5.32 Å². The van der Waals surface area contributed by atoms with E-state index in [1.165, 1.54) is 42.5 Å². The molecule has 5 nitrogen and oxygen atoms in total. The number of hydrogen-bond acceptors (Lipinski definition) is 4. The van der Waals surface area contributed by atoms with Crippen molar-refractivity contribution in [3.8, 4) is 0 Å². The summed E-state index contributed by atoms with van der Waals surface area (Å²) in [5, 5.41) is 2.80. The molecule has 0 bridgehead atoms. The second-order valence-electron chi connectivity index (χ2n) is 5.76. The summed E-state index contributed by atoms with van der Waals surface area (Å²) in [6, 6.07) is 10.1. The fourth-order valence-corrected chi connectivity index (χ4v) is 3.81. The van der Waals surface area contributed by atoms with Crippen LogP contribution in [0, 0.1) is 5.82 Å². The van der Waals surface area contributed by atoms with Crippen LogP contribution in [0.2, 0.25) is 10.0 Å². The average Bonchev–Trinajstić information content (AvgIpc) is 2.91. The van der Waals surface area contributed by atoms with Gasteiger partial charge < -0.3 is 5.32 Å². The van der Waals surface area contributed by atoms with E-state index in [0.717, 1.165) is 16.7 Å². The van der Waals surface area contributed by atoms with Crippen LogP contribution in [0.3, 0.4) is 0 Å². The minimum absolute atomic E-state index is 0.0162. The fraction of sp³-hybridized carbons (Fsp3) is 0.105. The molecular formula is C19H13Cl2FN2O3S. The Bertz CT molecular complexity index is 980. The van der Waals surface area contributed by atoms with Gasteiger partial charge in [-0.2, -0.15) is 0 Å². The highest BCUT2D eigenvalue weighted by molar-refractivity contribution is 8.18. The van der Waals surface area contributed by atoms with Gasteiger partial charge in [-0.3, -0.25) is 19.3 Å². The molecule has 1 aliphatic heterocycles. The van der Waals surface area contributed by atoms with Gasteiger partial charge in [0, 0.05) is 18.1 Å². The molecule has 3 rings (SSSR count). The van der Waals surface area contributed by atoms with E-state index >= 15 is 0 Å². The molecule has 2 aromatic rings. The van der Waals surface area contributed by atoms with Gasteiger partial charge in [-0.15, -0.1) is 0 Å². The molecule has 28 heavy (non-hydrogen) atoms. The zero-order chi connectivity index (χ0) is 20.3. The van der Waals surface area contributed by atoms with E-state index in [1.807, 2.05) is 0 Å². The topological polar surface area (TPSA) is 66.5 Å². The Morgan fingerprint density at radius 1 is 1.14 bits per heavy atom. The summed E-state index contributed by atoms with van der Waals surface area (Å²) in [5.41, 5.74) is 0.856. The van der Waals surface area contributed by atoms with Gasteiger partial charge in [-0.1, -0.05) is 35.3 Å². The Morgan fingerprint density at radius 3 is 2.54 bits per heavy atom. The third-order valence-electron chi connectivity index (χ3n) is 3.84. The largest absolute Gasteiger partial charge is 0.350 e. The Kier molecular flexibility index (Phi) is 6.39. The lowest BCUT2D eigenvalue weighted by Gasteiger charge is -2.13. The molecular weight excluding hydrogens is 426 g/mol. The molecule has 0 saturated carbocycles. The molecule has 0 spiro atoms. The van der Waals surface area contributed by atoms with E-state index in [0.29, 0.717) is 10.6 Å². The van der Waals surface area contributed by atoms with Crippen molar-refractivity contribution in [1.82, 2.24) is 10.2 Å². The molecule has 1 N–H and O–H groups in total. The normalized spacial score (nSPS) is 15.4. The van der Waals surface area contributed by atoms with Gasteiger partial charge in [-0.05, 0) is 53.7 Å². The van der Waals surface area contributed by atoms with Crippen molar-refractivity contribution in [2.45, 2.75) is 0 Å². The van der Waals surface area contributed by atoms with Gasteiger partial charge in [0.05, 0.1) is 15.5 Å². The van der Waals surface area contributed by atoms with E-state index < -0.39 is 17.1 Å². The van der Waals surface area contributed by atoms with Gasteiger partial charge >= 0.3 is 0 Å². The van der Waals surface area contributed by atoms with Crippen LogP contribution in [0.5, 0.6) is 0 Å². The summed E-state index contributed by atoms with van der Waals surface area (Å²) in [6.07, 6.45) is 1.52. The first kappa shape index (κ1) is 20.4. The molecule has 0 aromatic heterocycles. The van der Waals surface area contributed by atoms with E-state index in [4.69, 9.17) is 23.2 Å². The summed E-state index contributed by atoms with van der Waals surface area (Å²) in [7, 11) is 0. The first-order chi connectivity index (χ1) is 13.3. The second-order valence-corrected chi connectivity index (χ2v) is 7.60. The summed E-state index contributed by atoms with van der Waals surface area (Å²) >= 11 is 12.6. The van der Waals surface area contributed by atoms with Crippen LogP contribution in [-0.4, -0.2) is 35.0 Å². The molecule has 1 fully saturated rings. The number of nitrogens with one attached hydrogen (secondary N) is 1. The SMILES string of the molecule is O=C(NCCN1C(=O)S/C(=C/c2ccc(F)cc2)C1=O)c1ccc(Cl)cc1Cl. The highest BCUT2D eigenvalue weighted by Gasteiger charge is 2.34. The maximum absolute atomic E-state index is 13.0. The van der Waals surface area contributed by atoms with Gasteiger partial charge in [-0.25, -0.2) is 4.39 Å². The van der Waals surface area contributed by atoms with E-state index in [-0.39, 0.29) is 34.4 Å². The van der Waals surface area contributed by atoms with Crippen LogP contribution >= 0.6 is 35.0 Å². The van der Waals surface area contributed by atoms with Crippen molar-refractivity contribution in [1.29, 1.82) is 0 Å². The molecule has 0 unspecified atom stereocenters. The number of rotatable bonds is 5. The number of benzene rings is 2. The summed E-state index contributed by atoms with van der Waals surface area (Å²) in [5.74, 6) is -1.28. The van der Waals surface area contributed by atoms with Crippen molar-refractivity contribution >= 4 is 58.1 Å². The summed E-state index contributed by atoms with van der Waals surface area (Å²) < 4.78 is 13.0. The van der Waals surface area contributed by atoms with Gasteiger partial charge in [0.15, 0.2) is 0 Å². The molecule has 144 valence electrons. The third kappa shape index (κ3) is 4.73. The van der Waals surface area contributed by atoms with Crippen molar-refractivity contribution < 1.29 is 18.8 Å². The first-order valence-corrected chi connectivity index (χ1v) is 9.66. The lowest BCUT2D eigenvalue weighted by Crippen LogP contribution is -2.37.